The lowest BCUT2D eigenvalue weighted by Gasteiger charge is -2.32. The predicted octanol–water partition coefficient (Wildman–Crippen LogP) is 1.81. The number of likely N-dealkylation sites (tertiary alicyclic amines) is 1. The molecule has 2 N–H and O–H groups in total. The van der Waals surface area contributed by atoms with Crippen LogP contribution >= 0.6 is 0 Å². The fourth-order valence-electron chi connectivity index (χ4n) is 3.09. The Bertz CT molecular complexity index is 757. The van der Waals surface area contributed by atoms with E-state index in [4.69, 9.17) is 4.74 Å². The minimum absolute atomic E-state index is 0.0178. The Morgan fingerprint density at radius 2 is 1.85 bits per heavy atom. The lowest BCUT2D eigenvalue weighted by atomic mass is 10.0. The van der Waals surface area contributed by atoms with Gasteiger partial charge in [-0.15, -0.1) is 0 Å². The maximum Gasteiger partial charge on any atom is 0.313 e. The first-order valence-corrected chi connectivity index (χ1v) is 9.02. The highest BCUT2D eigenvalue weighted by atomic mass is 16.5. The Labute approximate surface area is 158 Å². The van der Waals surface area contributed by atoms with E-state index in [0.29, 0.717) is 11.6 Å². The molecule has 0 spiro atoms. The molecule has 0 radical (unpaired) electrons. The maximum atomic E-state index is 12.1. The zero-order chi connectivity index (χ0) is 19.1. The first-order valence-electron chi connectivity index (χ1n) is 9.02. The number of piperidine rings is 1. The Hall–Kier alpha value is -2.93. The normalized spacial score (nSPS) is 15.1. The summed E-state index contributed by atoms with van der Waals surface area (Å²) in [4.78, 5) is 30.5. The molecule has 2 amide bonds. The van der Waals surface area contributed by atoms with Crippen molar-refractivity contribution in [2.24, 2.45) is 0 Å². The molecule has 0 bridgehead atoms. The van der Waals surface area contributed by atoms with Gasteiger partial charge < -0.3 is 15.4 Å². The fourth-order valence-corrected chi connectivity index (χ4v) is 3.09. The number of hydrogen-bond donors (Lipinski definition) is 2. The summed E-state index contributed by atoms with van der Waals surface area (Å²) in [6.45, 7) is 2.69. The van der Waals surface area contributed by atoms with Gasteiger partial charge in [0.15, 0.2) is 0 Å². The third-order valence-electron chi connectivity index (χ3n) is 4.58. The third-order valence-corrected chi connectivity index (χ3v) is 4.58. The number of benzene rings is 1. The Balaban J connectivity index is 1.42. The number of anilines is 1. The van der Waals surface area contributed by atoms with Gasteiger partial charge in [0.05, 0.1) is 19.0 Å². The molecule has 2 aromatic rings. The summed E-state index contributed by atoms with van der Waals surface area (Å²) in [5.74, 6) is -0.860. The third kappa shape index (κ3) is 5.52. The Morgan fingerprint density at radius 3 is 2.48 bits per heavy atom. The van der Waals surface area contributed by atoms with E-state index in [2.05, 4.69) is 32.7 Å². The second-order valence-electron chi connectivity index (χ2n) is 6.55. The van der Waals surface area contributed by atoms with Gasteiger partial charge in [-0.25, -0.2) is 4.98 Å². The van der Waals surface area contributed by atoms with Crippen LogP contribution in [0.4, 0.5) is 5.69 Å². The summed E-state index contributed by atoms with van der Waals surface area (Å²) in [6, 6.07) is 13.6. The number of nitrogens with one attached hydrogen (secondary N) is 2. The molecule has 2 heterocycles. The number of aromatic nitrogens is 1. The van der Waals surface area contributed by atoms with Gasteiger partial charge in [0.1, 0.15) is 0 Å². The minimum Gasteiger partial charge on any atom is -0.481 e. The molecule has 1 aliphatic heterocycles. The van der Waals surface area contributed by atoms with Crippen LogP contribution in [0, 0.1) is 0 Å². The first kappa shape index (κ1) is 18.8. The molecule has 1 aromatic carbocycles. The van der Waals surface area contributed by atoms with Crippen LogP contribution in [0.5, 0.6) is 5.88 Å². The molecule has 0 aliphatic carbocycles. The quantitative estimate of drug-likeness (QED) is 0.787. The van der Waals surface area contributed by atoms with Gasteiger partial charge in [-0.2, -0.15) is 0 Å². The van der Waals surface area contributed by atoms with Crippen LogP contribution in [0.25, 0.3) is 0 Å². The van der Waals surface area contributed by atoms with Gasteiger partial charge in [-0.1, -0.05) is 30.3 Å². The summed E-state index contributed by atoms with van der Waals surface area (Å²) < 4.78 is 4.96. The average molecular weight is 368 g/mol. The number of ether oxygens (including phenoxy) is 1. The van der Waals surface area contributed by atoms with Crippen molar-refractivity contribution < 1.29 is 14.3 Å². The summed E-state index contributed by atoms with van der Waals surface area (Å²) in [5.41, 5.74) is 1.74. The van der Waals surface area contributed by atoms with Crippen molar-refractivity contribution in [2.45, 2.75) is 25.4 Å². The molecule has 0 saturated carbocycles. The second-order valence-corrected chi connectivity index (χ2v) is 6.55. The average Bonchev–Trinajstić information content (AvgIpc) is 2.71. The molecule has 27 heavy (non-hydrogen) atoms. The summed E-state index contributed by atoms with van der Waals surface area (Å²) in [5, 5.41) is 5.37. The predicted molar refractivity (Wildman–Crippen MR) is 102 cm³/mol. The van der Waals surface area contributed by atoms with E-state index < -0.39 is 11.8 Å². The number of nitrogens with zero attached hydrogens (tertiary/aromatic N) is 2. The number of amides is 2. The second kappa shape index (κ2) is 9.14. The van der Waals surface area contributed by atoms with Crippen molar-refractivity contribution in [1.29, 1.82) is 0 Å². The van der Waals surface area contributed by atoms with E-state index in [9.17, 15) is 9.59 Å². The van der Waals surface area contributed by atoms with E-state index in [0.717, 1.165) is 32.5 Å². The number of carbonyl (C=O) groups is 2. The monoisotopic (exact) mass is 368 g/mol. The molecular weight excluding hydrogens is 344 g/mol. The molecule has 1 aliphatic rings. The molecule has 142 valence electrons. The van der Waals surface area contributed by atoms with Crippen molar-refractivity contribution in [3.8, 4) is 5.88 Å². The molecule has 0 unspecified atom stereocenters. The number of rotatable bonds is 5. The van der Waals surface area contributed by atoms with Crippen molar-refractivity contribution in [1.82, 2.24) is 15.2 Å². The van der Waals surface area contributed by atoms with Gasteiger partial charge in [0.2, 0.25) is 5.88 Å². The van der Waals surface area contributed by atoms with Crippen LogP contribution < -0.4 is 15.4 Å². The summed E-state index contributed by atoms with van der Waals surface area (Å²) in [7, 11) is 1.51. The van der Waals surface area contributed by atoms with Gasteiger partial charge in [0, 0.05) is 31.7 Å². The van der Waals surface area contributed by atoms with Crippen molar-refractivity contribution in [2.75, 3.05) is 25.5 Å². The van der Waals surface area contributed by atoms with Crippen LogP contribution in [0.1, 0.15) is 18.4 Å². The maximum absolute atomic E-state index is 12.1. The van der Waals surface area contributed by atoms with Crippen LogP contribution in [0.2, 0.25) is 0 Å². The lowest BCUT2D eigenvalue weighted by molar-refractivity contribution is -0.136. The van der Waals surface area contributed by atoms with E-state index in [1.54, 1.807) is 12.1 Å². The highest BCUT2D eigenvalue weighted by Crippen LogP contribution is 2.14. The molecule has 1 aromatic heterocycles. The standard InChI is InChI=1S/C20H24N4O3/c1-27-18-8-7-17(13-21-18)23-20(26)19(25)22-16-9-11-24(12-10-16)14-15-5-3-2-4-6-15/h2-8,13,16H,9-12,14H2,1H3,(H,22,25)(H,23,26). The highest BCUT2D eigenvalue weighted by molar-refractivity contribution is 6.39. The van der Waals surface area contributed by atoms with Crippen LogP contribution in [-0.2, 0) is 16.1 Å². The number of carbonyl (C=O) groups excluding carboxylic acids is 2. The van der Waals surface area contributed by atoms with Crippen LogP contribution in [0.15, 0.2) is 48.7 Å². The van der Waals surface area contributed by atoms with Crippen molar-refractivity contribution in [3.63, 3.8) is 0 Å². The van der Waals surface area contributed by atoms with E-state index >= 15 is 0 Å². The smallest absolute Gasteiger partial charge is 0.313 e. The summed E-state index contributed by atoms with van der Waals surface area (Å²) in [6.07, 6.45) is 3.11. The number of pyridine rings is 1. The zero-order valence-corrected chi connectivity index (χ0v) is 15.4. The van der Waals surface area contributed by atoms with Crippen LogP contribution in [-0.4, -0.2) is 47.9 Å². The number of hydrogen-bond acceptors (Lipinski definition) is 5. The van der Waals surface area contributed by atoms with E-state index in [1.165, 1.54) is 18.9 Å². The molecular formula is C20H24N4O3. The fraction of sp³-hybridized carbons (Fsp3) is 0.350. The largest absolute Gasteiger partial charge is 0.481 e. The highest BCUT2D eigenvalue weighted by Gasteiger charge is 2.23. The zero-order valence-electron chi connectivity index (χ0n) is 15.4. The molecule has 1 fully saturated rings. The molecule has 0 atom stereocenters. The van der Waals surface area contributed by atoms with E-state index in [-0.39, 0.29) is 6.04 Å². The first-order chi connectivity index (χ1) is 13.1. The van der Waals surface area contributed by atoms with Crippen molar-refractivity contribution in [3.05, 3.63) is 54.2 Å². The molecule has 1 saturated heterocycles. The molecule has 7 heteroatoms. The van der Waals surface area contributed by atoms with Gasteiger partial charge >= 0.3 is 11.8 Å². The van der Waals surface area contributed by atoms with Gasteiger partial charge in [-0.3, -0.25) is 14.5 Å². The Morgan fingerprint density at radius 1 is 1.11 bits per heavy atom. The van der Waals surface area contributed by atoms with Gasteiger partial charge in [0.25, 0.3) is 0 Å². The summed E-state index contributed by atoms with van der Waals surface area (Å²) >= 11 is 0. The van der Waals surface area contributed by atoms with Gasteiger partial charge in [-0.05, 0) is 24.5 Å². The molecule has 3 rings (SSSR count). The molecule has 7 nitrogen and oxygen atoms in total. The van der Waals surface area contributed by atoms with Crippen LogP contribution in [0.3, 0.4) is 0 Å². The Kier molecular flexibility index (Phi) is 6.38. The lowest BCUT2D eigenvalue weighted by Crippen LogP contribution is -2.47. The van der Waals surface area contributed by atoms with E-state index in [1.807, 2.05) is 18.2 Å². The minimum atomic E-state index is -0.686. The SMILES string of the molecule is COc1ccc(NC(=O)C(=O)NC2CCN(Cc3ccccc3)CC2)cn1. The number of methoxy groups -OCH3 is 1. The van der Waals surface area contributed by atoms with Crippen molar-refractivity contribution >= 4 is 17.5 Å². The topological polar surface area (TPSA) is 83.6 Å².